The van der Waals surface area contributed by atoms with Crippen molar-refractivity contribution in [2.45, 2.75) is 12.8 Å². The Morgan fingerprint density at radius 2 is 1.56 bits per heavy atom. The van der Waals surface area contributed by atoms with Crippen molar-refractivity contribution < 1.29 is 23.9 Å². The molecule has 8 heteroatoms. The summed E-state index contributed by atoms with van der Waals surface area (Å²) in [6.45, 7) is 0.212. The Balaban J connectivity index is 1.07. The Labute approximate surface area is 212 Å². The van der Waals surface area contributed by atoms with Crippen molar-refractivity contribution in [2.24, 2.45) is 41.4 Å². The number of nitrogens with zero attached hydrogens (tertiary/aromatic N) is 2. The van der Waals surface area contributed by atoms with Gasteiger partial charge in [0.15, 0.2) is 0 Å². The zero-order chi connectivity index (χ0) is 24.7. The fraction of sp³-hybridized carbons (Fsp3) is 0.357. The number of imide groups is 1. The smallest absolute Gasteiger partial charge is 0.316 e. The van der Waals surface area contributed by atoms with Gasteiger partial charge in [0.05, 0.1) is 23.4 Å². The molecule has 6 aliphatic rings. The van der Waals surface area contributed by atoms with Crippen molar-refractivity contribution in [1.82, 2.24) is 0 Å². The van der Waals surface area contributed by atoms with Crippen LogP contribution in [0.3, 0.4) is 0 Å². The van der Waals surface area contributed by atoms with Gasteiger partial charge in [0.2, 0.25) is 17.7 Å². The second-order valence-corrected chi connectivity index (χ2v) is 10.9. The van der Waals surface area contributed by atoms with Crippen LogP contribution in [0.5, 0.6) is 5.75 Å². The summed E-state index contributed by atoms with van der Waals surface area (Å²) in [5, 5.41) is 0.566. The summed E-state index contributed by atoms with van der Waals surface area (Å²) in [5.74, 6) is -0.576. The molecule has 2 bridgehead atoms. The second kappa shape index (κ2) is 7.77. The lowest BCUT2D eigenvalue weighted by Gasteiger charge is -2.37. The van der Waals surface area contributed by atoms with Crippen LogP contribution in [0, 0.1) is 41.4 Å². The highest BCUT2D eigenvalue weighted by molar-refractivity contribution is 6.30. The fourth-order valence-electron chi connectivity index (χ4n) is 6.83. The van der Waals surface area contributed by atoms with Crippen LogP contribution in [0.4, 0.5) is 11.4 Å². The highest BCUT2D eigenvalue weighted by Gasteiger charge is 2.67. The number of hydrogen-bond acceptors (Lipinski definition) is 5. The van der Waals surface area contributed by atoms with E-state index in [-0.39, 0.29) is 60.1 Å². The summed E-state index contributed by atoms with van der Waals surface area (Å²) in [6.07, 6.45) is 5.44. The van der Waals surface area contributed by atoms with Crippen LogP contribution in [0.25, 0.3) is 0 Å². The number of amides is 3. The molecule has 7 nitrogen and oxygen atoms in total. The van der Waals surface area contributed by atoms with Gasteiger partial charge in [-0.1, -0.05) is 29.8 Å². The largest absolute Gasteiger partial charge is 0.426 e. The van der Waals surface area contributed by atoms with E-state index in [0.717, 1.165) is 6.42 Å². The molecule has 3 amide bonds. The molecule has 2 saturated heterocycles. The SMILES string of the molecule is O=C(Oc1cccc(N2C(=O)[C@@H]3[C@H]4C=C[C@@H]([C@@H]5C[C@H]45)[C@@H]3C2=O)c1)[C@H]1CC(=O)N(c2ccc(Cl)cc2)C1. The Bertz CT molecular complexity index is 1320. The lowest BCUT2D eigenvalue weighted by molar-refractivity contribution is -0.139. The Morgan fingerprint density at radius 1 is 0.889 bits per heavy atom. The van der Waals surface area contributed by atoms with Gasteiger partial charge in [0.25, 0.3) is 0 Å². The topological polar surface area (TPSA) is 84.0 Å². The average Bonchev–Trinajstić information content (AvgIpc) is 3.55. The number of rotatable bonds is 4. The fourth-order valence-corrected chi connectivity index (χ4v) is 6.96. The molecule has 0 aromatic heterocycles. The molecule has 0 spiro atoms. The van der Waals surface area contributed by atoms with Gasteiger partial charge in [-0.05, 0) is 66.5 Å². The Morgan fingerprint density at radius 3 is 2.22 bits per heavy atom. The number of anilines is 2. The van der Waals surface area contributed by atoms with Crippen LogP contribution >= 0.6 is 11.6 Å². The minimum absolute atomic E-state index is 0.0473. The van der Waals surface area contributed by atoms with E-state index in [1.54, 1.807) is 53.4 Å². The highest BCUT2D eigenvalue weighted by atomic mass is 35.5. The molecular weight excluding hydrogens is 480 g/mol. The van der Waals surface area contributed by atoms with Gasteiger partial charge < -0.3 is 9.64 Å². The predicted octanol–water partition coefficient (Wildman–Crippen LogP) is 3.86. The number of benzene rings is 2. The summed E-state index contributed by atoms with van der Waals surface area (Å²) < 4.78 is 5.62. The van der Waals surface area contributed by atoms with Gasteiger partial charge in [-0.25, -0.2) is 4.90 Å². The van der Waals surface area contributed by atoms with Gasteiger partial charge in [-0.2, -0.15) is 0 Å². The summed E-state index contributed by atoms with van der Waals surface area (Å²) in [6, 6.07) is 13.4. The maximum atomic E-state index is 13.4. The van der Waals surface area contributed by atoms with E-state index < -0.39 is 11.9 Å². The molecule has 4 fully saturated rings. The quantitative estimate of drug-likeness (QED) is 0.274. The third-order valence-electron chi connectivity index (χ3n) is 8.55. The third-order valence-corrected chi connectivity index (χ3v) is 8.81. The number of halogens is 1. The third kappa shape index (κ3) is 3.18. The molecule has 2 saturated carbocycles. The zero-order valence-electron chi connectivity index (χ0n) is 19.2. The monoisotopic (exact) mass is 502 g/mol. The van der Waals surface area contributed by atoms with E-state index in [4.69, 9.17) is 16.3 Å². The zero-order valence-corrected chi connectivity index (χ0v) is 20.0. The number of allylic oxidation sites excluding steroid dienone is 2. The normalized spacial score (nSPS) is 33.7. The molecule has 4 aliphatic carbocycles. The minimum atomic E-state index is -0.622. The maximum Gasteiger partial charge on any atom is 0.316 e. The van der Waals surface area contributed by atoms with Gasteiger partial charge in [0.1, 0.15) is 5.75 Å². The number of carbonyl (C=O) groups is 4. The summed E-state index contributed by atoms with van der Waals surface area (Å²) in [5.41, 5.74) is 1.10. The van der Waals surface area contributed by atoms with Gasteiger partial charge in [-0.15, -0.1) is 0 Å². The van der Waals surface area contributed by atoms with Crippen molar-refractivity contribution in [3.05, 3.63) is 65.7 Å². The summed E-state index contributed by atoms with van der Waals surface area (Å²) in [7, 11) is 0. The van der Waals surface area contributed by atoms with E-state index in [1.165, 1.54) is 4.90 Å². The maximum absolute atomic E-state index is 13.4. The second-order valence-electron chi connectivity index (χ2n) is 10.5. The summed E-state index contributed by atoms with van der Waals surface area (Å²) in [4.78, 5) is 55.1. The number of ether oxygens (including phenoxy) is 1. The molecule has 7 atom stereocenters. The van der Waals surface area contributed by atoms with Gasteiger partial charge in [0, 0.05) is 29.7 Å². The van der Waals surface area contributed by atoms with Crippen LogP contribution in [0.2, 0.25) is 5.02 Å². The molecule has 8 rings (SSSR count). The molecule has 36 heavy (non-hydrogen) atoms. The van der Waals surface area contributed by atoms with Crippen LogP contribution in [0.1, 0.15) is 12.8 Å². The average molecular weight is 503 g/mol. The Kier molecular flexibility index (Phi) is 4.71. The number of hydrogen-bond donors (Lipinski definition) is 0. The molecule has 182 valence electrons. The minimum Gasteiger partial charge on any atom is -0.426 e. The van der Waals surface area contributed by atoms with E-state index >= 15 is 0 Å². The lowest BCUT2D eigenvalue weighted by Crippen LogP contribution is -2.40. The molecule has 0 radical (unpaired) electrons. The predicted molar refractivity (Wildman–Crippen MR) is 131 cm³/mol. The van der Waals surface area contributed by atoms with E-state index in [1.807, 2.05) is 0 Å². The van der Waals surface area contributed by atoms with Crippen molar-refractivity contribution in [3.8, 4) is 5.75 Å². The van der Waals surface area contributed by atoms with Gasteiger partial charge in [-0.3, -0.25) is 19.2 Å². The number of esters is 1. The molecule has 2 aromatic rings. The summed E-state index contributed by atoms with van der Waals surface area (Å²) >= 11 is 5.94. The first kappa shape index (κ1) is 21.8. The number of carbonyl (C=O) groups excluding carboxylic acids is 4. The molecule has 2 aromatic carbocycles. The molecule has 0 unspecified atom stereocenters. The first-order valence-electron chi connectivity index (χ1n) is 12.3. The van der Waals surface area contributed by atoms with Crippen molar-refractivity contribution in [2.75, 3.05) is 16.3 Å². The van der Waals surface area contributed by atoms with Gasteiger partial charge >= 0.3 is 5.97 Å². The lowest BCUT2D eigenvalue weighted by atomic mass is 9.63. The first-order chi connectivity index (χ1) is 17.4. The molecular formula is C28H23ClN2O5. The standard InChI is InChI=1S/C28H23ClN2O5/c29-15-4-6-16(7-5-15)30-13-14(10-23(30)32)28(35)36-18-3-1-2-17(11-18)31-26(33)24-19-8-9-20(22-12-21(19)22)25(24)27(31)34/h1-9,11,14,19-22,24-25H,10,12-13H2/t14-,19-,20-,21-,22+,24-,25+/m0/s1. The molecule has 2 heterocycles. The van der Waals surface area contributed by atoms with E-state index in [2.05, 4.69) is 12.2 Å². The Hall–Kier alpha value is -3.45. The van der Waals surface area contributed by atoms with Crippen molar-refractivity contribution in [1.29, 1.82) is 0 Å². The van der Waals surface area contributed by atoms with Crippen molar-refractivity contribution >= 4 is 46.7 Å². The van der Waals surface area contributed by atoms with E-state index in [0.29, 0.717) is 28.2 Å². The molecule has 2 aliphatic heterocycles. The van der Waals surface area contributed by atoms with Crippen LogP contribution < -0.4 is 14.5 Å². The van der Waals surface area contributed by atoms with Crippen molar-refractivity contribution in [3.63, 3.8) is 0 Å². The molecule has 0 N–H and O–H groups in total. The first-order valence-corrected chi connectivity index (χ1v) is 12.7. The van der Waals surface area contributed by atoms with Crippen LogP contribution in [0.15, 0.2) is 60.7 Å². The van der Waals surface area contributed by atoms with Crippen LogP contribution in [-0.2, 0) is 19.2 Å². The highest BCUT2D eigenvalue weighted by Crippen LogP contribution is 2.65. The van der Waals surface area contributed by atoms with E-state index in [9.17, 15) is 19.2 Å². The van der Waals surface area contributed by atoms with Crippen LogP contribution in [-0.4, -0.2) is 30.2 Å².